The van der Waals surface area contributed by atoms with Crippen LogP contribution in [0.5, 0.6) is 0 Å². The first kappa shape index (κ1) is 25.1. The second-order valence-corrected chi connectivity index (χ2v) is 9.62. The first-order valence-electron chi connectivity index (χ1n) is 10.2. The zero-order valence-electron chi connectivity index (χ0n) is 18.9. The maximum Gasteiger partial charge on any atom is 0.329 e. The highest BCUT2D eigenvalue weighted by atomic mass is 32.1. The lowest BCUT2D eigenvalue weighted by atomic mass is 9.86. The van der Waals surface area contributed by atoms with E-state index < -0.39 is 36.3 Å². The summed E-state index contributed by atoms with van der Waals surface area (Å²) < 4.78 is 5.10. The highest BCUT2D eigenvalue weighted by Gasteiger charge is 2.27. The van der Waals surface area contributed by atoms with Crippen molar-refractivity contribution in [3.05, 3.63) is 52.4 Å². The minimum Gasteiger partial charge on any atom is -0.454 e. The van der Waals surface area contributed by atoms with E-state index in [1.165, 1.54) is 6.07 Å². The molecule has 9 heteroatoms. The molecule has 0 bridgehead atoms. The van der Waals surface area contributed by atoms with Crippen LogP contribution in [0.2, 0.25) is 0 Å². The number of carbonyl (C=O) groups excluding carboxylic acids is 4. The SMILES string of the molecule is CC(C)[C@H](NC(=O)c1ccc(C(C)(C)C)cc1)C(=O)OCC(=O)Nc1sccc1C(N)=O. The lowest BCUT2D eigenvalue weighted by Gasteiger charge is -2.22. The molecule has 0 fully saturated rings. The van der Waals surface area contributed by atoms with Gasteiger partial charge >= 0.3 is 5.97 Å². The number of rotatable bonds is 8. The van der Waals surface area contributed by atoms with Crippen molar-refractivity contribution < 1.29 is 23.9 Å². The van der Waals surface area contributed by atoms with Crippen molar-refractivity contribution in [3.63, 3.8) is 0 Å². The maximum absolute atomic E-state index is 12.6. The number of nitrogens with one attached hydrogen (secondary N) is 2. The van der Waals surface area contributed by atoms with Gasteiger partial charge in [-0.25, -0.2) is 4.79 Å². The highest BCUT2D eigenvalue weighted by Crippen LogP contribution is 2.23. The Hall–Kier alpha value is -3.20. The summed E-state index contributed by atoms with van der Waals surface area (Å²) in [6.45, 7) is 9.20. The van der Waals surface area contributed by atoms with E-state index in [1.807, 2.05) is 12.1 Å². The van der Waals surface area contributed by atoms with Gasteiger partial charge in [0.15, 0.2) is 6.61 Å². The van der Waals surface area contributed by atoms with E-state index >= 15 is 0 Å². The highest BCUT2D eigenvalue weighted by molar-refractivity contribution is 7.14. The van der Waals surface area contributed by atoms with E-state index in [0.717, 1.165) is 16.9 Å². The number of amides is 3. The standard InChI is InChI=1S/C23H29N3O5S/c1-13(2)18(26-20(29)14-6-8-15(9-7-14)23(3,4)5)22(30)31-12-17(27)25-21-16(19(24)28)10-11-32-21/h6-11,13,18H,12H2,1-5H3,(H2,24,28)(H,25,27)(H,26,29)/t18-/m0/s1. The van der Waals surface area contributed by atoms with Gasteiger partial charge in [0, 0.05) is 5.56 Å². The smallest absolute Gasteiger partial charge is 0.329 e. The fourth-order valence-electron chi connectivity index (χ4n) is 2.83. The Labute approximate surface area is 191 Å². The summed E-state index contributed by atoms with van der Waals surface area (Å²) in [4.78, 5) is 48.6. The number of hydrogen-bond acceptors (Lipinski definition) is 6. The predicted molar refractivity (Wildman–Crippen MR) is 124 cm³/mol. The van der Waals surface area contributed by atoms with Gasteiger partial charge in [-0.3, -0.25) is 14.4 Å². The van der Waals surface area contributed by atoms with Crippen molar-refractivity contribution in [2.75, 3.05) is 11.9 Å². The molecule has 0 unspecified atom stereocenters. The van der Waals surface area contributed by atoms with Crippen LogP contribution in [0, 0.1) is 5.92 Å². The molecule has 8 nitrogen and oxygen atoms in total. The van der Waals surface area contributed by atoms with Gasteiger partial charge in [-0.15, -0.1) is 11.3 Å². The van der Waals surface area contributed by atoms with Crippen LogP contribution in [0.15, 0.2) is 35.7 Å². The molecular formula is C23H29N3O5S. The zero-order valence-corrected chi connectivity index (χ0v) is 19.7. The maximum atomic E-state index is 12.6. The molecule has 0 spiro atoms. The lowest BCUT2D eigenvalue weighted by Crippen LogP contribution is -2.46. The zero-order chi connectivity index (χ0) is 24.1. The number of primary amides is 1. The fraction of sp³-hybridized carbons (Fsp3) is 0.391. The predicted octanol–water partition coefficient (Wildman–Crippen LogP) is 3.08. The quantitative estimate of drug-likeness (QED) is 0.523. The molecule has 1 aromatic heterocycles. The van der Waals surface area contributed by atoms with Crippen LogP contribution in [0.3, 0.4) is 0 Å². The number of carbonyl (C=O) groups is 4. The van der Waals surface area contributed by atoms with Crippen LogP contribution in [0.25, 0.3) is 0 Å². The Morgan fingerprint density at radius 3 is 2.22 bits per heavy atom. The minimum atomic E-state index is -0.930. The van der Waals surface area contributed by atoms with Crippen LogP contribution in [0.1, 0.15) is 60.9 Å². The minimum absolute atomic E-state index is 0.0405. The summed E-state index contributed by atoms with van der Waals surface area (Å²) in [6.07, 6.45) is 0. The summed E-state index contributed by atoms with van der Waals surface area (Å²) in [5.74, 6) is -2.68. The molecule has 0 aliphatic heterocycles. The van der Waals surface area contributed by atoms with Gasteiger partial charge in [0.05, 0.1) is 5.56 Å². The molecule has 2 aromatic rings. The third kappa shape index (κ3) is 6.65. The Morgan fingerprint density at radius 2 is 1.69 bits per heavy atom. The van der Waals surface area contributed by atoms with Gasteiger partial charge < -0.3 is 21.1 Å². The average molecular weight is 460 g/mol. The molecule has 4 N–H and O–H groups in total. The molecule has 0 aliphatic rings. The molecule has 1 aromatic carbocycles. The third-order valence-corrected chi connectivity index (χ3v) is 5.58. The van der Waals surface area contributed by atoms with Crippen molar-refractivity contribution in [1.82, 2.24) is 5.32 Å². The Kier molecular flexibility index (Phi) is 8.15. The number of thiophene rings is 1. The van der Waals surface area contributed by atoms with Crippen LogP contribution >= 0.6 is 11.3 Å². The first-order chi connectivity index (χ1) is 14.9. The van der Waals surface area contributed by atoms with E-state index in [4.69, 9.17) is 10.5 Å². The Morgan fingerprint density at radius 1 is 1.06 bits per heavy atom. The van der Waals surface area contributed by atoms with Crippen molar-refractivity contribution in [2.45, 2.75) is 46.1 Å². The first-order valence-corrected chi connectivity index (χ1v) is 11.0. The molecule has 0 saturated heterocycles. The third-order valence-electron chi connectivity index (χ3n) is 4.75. The summed E-state index contributed by atoms with van der Waals surface area (Å²) in [6, 6.07) is 7.75. The van der Waals surface area contributed by atoms with Crippen LogP contribution in [-0.2, 0) is 19.7 Å². The summed E-state index contributed by atoms with van der Waals surface area (Å²) in [5.41, 5.74) is 6.89. The number of hydrogen-bond donors (Lipinski definition) is 3. The molecule has 0 aliphatic carbocycles. The largest absolute Gasteiger partial charge is 0.454 e. The second kappa shape index (κ2) is 10.4. The van der Waals surface area contributed by atoms with E-state index in [1.54, 1.807) is 31.4 Å². The van der Waals surface area contributed by atoms with Crippen molar-refractivity contribution >= 4 is 40.0 Å². The van der Waals surface area contributed by atoms with Crippen molar-refractivity contribution in [1.29, 1.82) is 0 Å². The van der Waals surface area contributed by atoms with Gasteiger partial charge in [0.2, 0.25) is 0 Å². The average Bonchev–Trinajstić information content (AvgIpc) is 3.17. The molecule has 32 heavy (non-hydrogen) atoms. The lowest BCUT2D eigenvalue weighted by molar-refractivity contribution is -0.150. The van der Waals surface area contributed by atoms with Crippen LogP contribution < -0.4 is 16.4 Å². The normalized spacial score (nSPS) is 12.2. The topological polar surface area (TPSA) is 128 Å². The van der Waals surface area contributed by atoms with Gasteiger partial charge in [0.1, 0.15) is 11.0 Å². The molecule has 2 rings (SSSR count). The second-order valence-electron chi connectivity index (χ2n) is 8.71. The van der Waals surface area contributed by atoms with E-state index in [0.29, 0.717) is 5.56 Å². The summed E-state index contributed by atoms with van der Waals surface area (Å²) in [7, 11) is 0. The van der Waals surface area contributed by atoms with Crippen molar-refractivity contribution in [3.8, 4) is 0 Å². The molecule has 3 amide bonds. The number of anilines is 1. The molecule has 1 atom stereocenters. The van der Waals surface area contributed by atoms with Gasteiger partial charge in [0.25, 0.3) is 17.7 Å². The molecule has 0 radical (unpaired) electrons. The fourth-order valence-corrected chi connectivity index (χ4v) is 3.64. The van der Waals surface area contributed by atoms with Crippen LogP contribution in [-0.4, -0.2) is 36.3 Å². The number of ether oxygens (including phenoxy) is 1. The van der Waals surface area contributed by atoms with Gasteiger partial charge in [-0.05, 0) is 40.5 Å². The number of benzene rings is 1. The molecule has 0 saturated carbocycles. The van der Waals surface area contributed by atoms with Crippen LogP contribution in [0.4, 0.5) is 5.00 Å². The van der Waals surface area contributed by atoms with E-state index in [-0.39, 0.29) is 21.9 Å². The van der Waals surface area contributed by atoms with E-state index in [2.05, 4.69) is 31.4 Å². The number of nitrogens with two attached hydrogens (primary N) is 1. The molecule has 172 valence electrons. The van der Waals surface area contributed by atoms with Gasteiger partial charge in [-0.1, -0.05) is 46.8 Å². The summed E-state index contributed by atoms with van der Waals surface area (Å²) in [5, 5.41) is 7.07. The monoisotopic (exact) mass is 459 g/mol. The number of esters is 1. The molecular weight excluding hydrogens is 430 g/mol. The summed E-state index contributed by atoms with van der Waals surface area (Å²) >= 11 is 1.13. The van der Waals surface area contributed by atoms with E-state index in [9.17, 15) is 19.2 Å². The molecule has 1 heterocycles. The Bertz CT molecular complexity index is 990. The van der Waals surface area contributed by atoms with Crippen molar-refractivity contribution in [2.24, 2.45) is 11.7 Å². The van der Waals surface area contributed by atoms with Gasteiger partial charge in [-0.2, -0.15) is 0 Å². The Balaban J connectivity index is 1.97.